The number of aliphatic carboxylic acids is 1. The number of nitrogens with zero attached hydrogens (tertiary/aromatic N) is 1. The van der Waals surface area contributed by atoms with E-state index in [-0.39, 0.29) is 24.7 Å². The SMILES string of the molecule is CCN(CC(=O)O)C1CC(NC(=O)Nc2cc(Cl)c(OC)c(Cl)c2)C1. The number of nitrogens with one attached hydrogen (secondary N) is 2. The van der Waals surface area contributed by atoms with Crippen molar-refractivity contribution in [3.63, 3.8) is 0 Å². The number of carboxylic acid groups (broad SMARTS) is 1. The normalized spacial score (nSPS) is 19.2. The minimum Gasteiger partial charge on any atom is -0.494 e. The van der Waals surface area contributed by atoms with E-state index in [1.807, 2.05) is 11.8 Å². The van der Waals surface area contributed by atoms with E-state index in [0.29, 0.717) is 28.0 Å². The first kappa shape index (κ1) is 19.6. The molecule has 0 aliphatic heterocycles. The molecule has 9 heteroatoms. The number of likely N-dealkylation sites (N-methyl/N-ethyl adjacent to an activating group) is 1. The van der Waals surface area contributed by atoms with Crippen molar-refractivity contribution in [3.05, 3.63) is 22.2 Å². The monoisotopic (exact) mass is 389 g/mol. The summed E-state index contributed by atoms with van der Waals surface area (Å²) in [4.78, 5) is 24.8. The summed E-state index contributed by atoms with van der Waals surface area (Å²) in [5.74, 6) is -0.488. The van der Waals surface area contributed by atoms with Gasteiger partial charge in [0.05, 0.1) is 23.7 Å². The highest BCUT2D eigenvalue weighted by Crippen LogP contribution is 2.35. The molecule has 7 nitrogen and oxygen atoms in total. The van der Waals surface area contributed by atoms with Crippen LogP contribution in [0.1, 0.15) is 19.8 Å². The Morgan fingerprint density at radius 3 is 2.40 bits per heavy atom. The fourth-order valence-electron chi connectivity index (χ4n) is 2.86. The average molecular weight is 390 g/mol. The van der Waals surface area contributed by atoms with Crippen LogP contribution in [0, 0.1) is 0 Å². The number of carboxylic acids is 1. The van der Waals surface area contributed by atoms with Crippen LogP contribution in [0.3, 0.4) is 0 Å². The first-order chi connectivity index (χ1) is 11.8. The standard InChI is InChI=1S/C16H21Cl2N3O4/c1-3-21(8-14(22)23)11-4-9(5-11)19-16(24)20-10-6-12(17)15(25-2)13(18)7-10/h6-7,9,11H,3-5,8H2,1-2H3,(H,22,23)(H2,19,20,24). The zero-order chi connectivity index (χ0) is 18.6. The number of benzene rings is 1. The lowest BCUT2D eigenvalue weighted by Crippen LogP contribution is -2.55. The number of carbonyl (C=O) groups is 2. The number of urea groups is 1. The lowest BCUT2D eigenvalue weighted by molar-refractivity contribution is -0.139. The second kappa shape index (κ2) is 8.60. The van der Waals surface area contributed by atoms with E-state index in [4.69, 9.17) is 33.0 Å². The molecule has 0 heterocycles. The predicted molar refractivity (Wildman–Crippen MR) is 96.9 cm³/mol. The smallest absolute Gasteiger partial charge is 0.319 e. The molecule has 0 aromatic heterocycles. The van der Waals surface area contributed by atoms with Crippen molar-refractivity contribution in [2.45, 2.75) is 31.8 Å². The van der Waals surface area contributed by atoms with E-state index in [2.05, 4.69) is 10.6 Å². The number of hydrogen-bond acceptors (Lipinski definition) is 4. The number of ether oxygens (including phenoxy) is 1. The Morgan fingerprint density at radius 2 is 1.92 bits per heavy atom. The highest BCUT2D eigenvalue weighted by atomic mass is 35.5. The number of amides is 2. The Morgan fingerprint density at radius 1 is 1.32 bits per heavy atom. The highest BCUT2D eigenvalue weighted by molar-refractivity contribution is 6.37. The first-order valence-electron chi connectivity index (χ1n) is 7.90. The molecule has 1 aromatic carbocycles. The summed E-state index contributed by atoms with van der Waals surface area (Å²) < 4.78 is 5.06. The van der Waals surface area contributed by atoms with Crippen molar-refractivity contribution in [1.82, 2.24) is 10.2 Å². The summed E-state index contributed by atoms with van der Waals surface area (Å²) in [6.07, 6.45) is 1.44. The number of methoxy groups -OCH3 is 1. The van der Waals surface area contributed by atoms with Gasteiger partial charge in [-0.15, -0.1) is 0 Å². The minimum atomic E-state index is -0.843. The Balaban J connectivity index is 1.83. The molecule has 1 aliphatic carbocycles. The molecule has 25 heavy (non-hydrogen) atoms. The van der Waals surface area contributed by atoms with Crippen LogP contribution in [-0.2, 0) is 4.79 Å². The van der Waals surface area contributed by atoms with Gasteiger partial charge < -0.3 is 20.5 Å². The lowest BCUT2D eigenvalue weighted by atomic mass is 9.85. The maximum absolute atomic E-state index is 12.1. The molecular formula is C16H21Cl2N3O4. The molecule has 2 amide bonds. The summed E-state index contributed by atoms with van der Waals surface area (Å²) in [5.41, 5.74) is 0.463. The Kier molecular flexibility index (Phi) is 6.75. The fraction of sp³-hybridized carbons (Fsp3) is 0.500. The van der Waals surface area contributed by atoms with Gasteiger partial charge in [-0.25, -0.2) is 4.79 Å². The number of halogens is 2. The topological polar surface area (TPSA) is 90.9 Å². The predicted octanol–water partition coefficient (Wildman–Crippen LogP) is 3.06. The molecule has 1 aliphatic rings. The molecular weight excluding hydrogens is 369 g/mol. The maximum atomic E-state index is 12.1. The van der Waals surface area contributed by atoms with E-state index in [0.717, 1.165) is 12.8 Å². The van der Waals surface area contributed by atoms with Gasteiger partial charge in [0.1, 0.15) is 0 Å². The van der Waals surface area contributed by atoms with Crippen LogP contribution in [0.2, 0.25) is 10.0 Å². The van der Waals surface area contributed by atoms with Crippen LogP contribution in [-0.4, -0.2) is 54.3 Å². The Hall–Kier alpha value is -1.70. The van der Waals surface area contributed by atoms with Gasteiger partial charge in [-0.3, -0.25) is 9.69 Å². The van der Waals surface area contributed by atoms with Crippen LogP contribution < -0.4 is 15.4 Å². The molecule has 0 bridgehead atoms. The van der Waals surface area contributed by atoms with E-state index in [1.54, 1.807) is 12.1 Å². The Labute approximate surface area is 156 Å². The minimum absolute atomic E-state index is 0.0111. The van der Waals surface area contributed by atoms with E-state index >= 15 is 0 Å². The molecule has 1 saturated carbocycles. The summed E-state index contributed by atoms with van der Waals surface area (Å²) in [5, 5.41) is 15.0. The van der Waals surface area contributed by atoms with Crippen molar-refractivity contribution in [2.75, 3.05) is 25.5 Å². The van der Waals surface area contributed by atoms with E-state index in [1.165, 1.54) is 7.11 Å². The first-order valence-corrected chi connectivity index (χ1v) is 8.66. The molecule has 138 valence electrons. The quantitative estimate of drug-likeness (QED) is 0.666. The number of hydrogen-bond donors (Lipinski definition) is 3. The average Bonchev–Trinajstić information content (AvgIpc) is 2.48. The molecule has 0 unspecified atom stereocenters. The second-order valence-corrected chi connectivity index (χ2v) is 6.66. The number of anilines is 1. The molecule has 1 aromatic rings. The van der Waals surface area contributed by atoms with Crippen molar-refractivity contribution >= 4 is 40.9 Å². The van der Waals surface area contributed by atoms with Crippen molar-refractivity contribution in [1.29, 1.82) is 0 Å². The van der Waals surface area contributed by atoms with Gasteiger partial charge in [-0.05, 0) is 31.5 Å². The summed E-state index contributed by atoms with van der Waals surface area (Å²) in [6, 6.07) is 2.94. The van der Waals surface area contributed by atoms with Gasteiger partial charge in [0, 0.05) is 17.8 Å². The zero-order valence-electron chi connectivity index (χ0n) is 14.0. The fourth-order valence-corrected chi connectivity index (χ4v) is 3.50. The van der Waals surface area contributed by atoms with Crippen molar-refractivity contribution in [3.8, 4) is 5.75 Å². The largest absolute Gasteiger partial charge is 0.494 e. The molecule has 0 saturated heterocycles. The lowest BCUT2D eigenvalue weighted by Gasteiger charge is -2.42. The molecule has 0 radical (unpaired) electrons. The summed E-state index contributed by atoms with van der Waals surface area (Å²) in [6.45, 7) is 2.61. The van der Waals surface area contributed by atoms with Crippen LogP contribution in [0.15, 0.2) is 12.1 Å². The van der Waals surface area contributed by atoms with Gasteiger partial charge in [0.25, 0.3) is 0 Å². The highest BCUT2D eigenvalue weighted by Gasteiger charge is 2.34. The van der Waals surface area contributed by atoms with E-state index < -0.39 is 5.97 Å². The number of carbonyl (C=O) groups excluding carboxylic acids is 1. The van der Waals surface area contributed by atoms with Gasteiger partial charge in [-0.1, -0.05) is 30.1 Å². The van der Waals surface area contributed by atoms with Crippen molar-refractivity contribution in [2.24, 2.45) is 0 Å². The second-order valence-electron chi connectivity index (χ2n) is 5.85. The third-order valence-electron chi connectivity index (χ3n) is 4.17. The van der Waals surface area contributed by atoms with Crippen LogP contribution in [0.5, 0.6) is 5.75 Å². The van der Waals surface area contributed by atoms with Gasteiger partial charge in [-0.2, -0.15) is 0 Å². The van der Waals surface area contributed by atoms with E-state index in [9.17, 15) is 9.59 Å². The molecule has 0 spiro atoms. The summed E-state index contributed by atoms with van der Waals surface area (Å²) >= 11 is 12.1. The van der Waals surface area contributed by atoms with Crippen LogP contribution in [0.25, 0.3) is 0 Å². The van der Waals surface area contributed by atoms with Gasteiger partial charge in [0.15, 0.2) is 5.75 Å². The number of rotatable bonds is 7. The third kappa shape index (κ3) is 5.14. The third-order valence-corrected chi connectivity index (χ3v) is 4.73. The zero-order valence-corrected chi connectivity index (χ0v) is 15.5. The van der Waals surface area contributed by atoms with Gasteiger partial charge >= 0.3 is 12.0 Å². The molecule has 1 fully saturated rings. The van der Waals surface area contributed by atoms with Crippen LogP contribution >= 0.6 is 23.2 Å². The molecule has 2 rings (SSSR count). The summed E-state index contributed by atoms with van der Waals surface area (Å²) in [7, 11) is 1.46. The maximum Gasteiger partial charge on any atom is 0.319 e. The van der Waals surface area contributed by atoms with Gasteiger partial charge in [0.2, 0.25) is 0 Å². The van der Waals surface area contributed by atoms with Crippen LogP contribution in [0.4, 0.5) is 10.5 Å². The molecule has 3 N–H and O–H groups in total. The Bertz CT molecular complexity index is 627. The van der Waals surface area contributed by atoms with Crippen molar-refractivity contribution < 1.29 is 19.4 Å². The molecule has 0 atom stereocenters.